The van der Waals surface area contributed by atoms with E-state index in [9.17, 15) is 14.7 Å². The Labute approximate surface area is 216 Å². The third kappa shape index (κ3) is 6.47. The molecule has 0 radical (unpaired) electrons. The number of carboxylic acid groups (broad SMARTS) is 1. The van der Waals surface area contributed by atoms with E-state index in [1.807, 2.05) is 44.2 Å². The predicted octanol–water partition coefficient (Wildman–Crippen LogP) is 7.22. The van der Waals surface area contributed by atoms with Crippen molar-refractivity contribution >= 4 is 40.9 Å². The molecule has 3 aromatic rings. The van der Waals surface area contributed by atoms with Crippen LogP contribution in [0.3, 0.4) is 0 Å². The first-order valence-corrected chi connectivity index (χ1v) is 12.9. The number of hydrogen-bond donors (Lipinski definition) is 2. The number of hydrogen-bond acceptors (Lipinski definition) is 4. The first-order valence-electron chi connectivity index (χ1n) is 11.7. The summed E-state index contributed by atoms with van der Waals surface area (Å²) in [5.74, 6) is -0.398. The summed E-state index contributed by atoms with van der Waals surface area (Å²) >= 11 is 7.35. The number of nitrogens with one attached hydrogen (secondary N) is 1. The van der Waals surface area contributed by atoms with Gasteiger partial charge in [0.15, 0.2) is 0 Å². The molecular formula is C27H32ClN3O3S. The lowest BCUT2D eigenvalue weighted by Gasteiger charge is -2.18. The number of benzene rings is 2. The number of anilines is 1. The Balaban J connectivity index is 1.93. The molecule has 2 N–H and O–H groups in total. The summed E-state index contributed by atoms with van der Waals surface area (Å²) in [7, 11) is 0. The van der Waals surface area contributed by atoms with Gasteiger partial charge in [0.1, 0.15) is 16.3 Å². The fourth-order valence-corrected chi connectivity index (χ4v) is 4.90. The summed E-state index contributed by atoms with van der Waals surface area (Å²) in [5.41, 5.74) is 3.65. The number of aryl methyl sites for hydroxylation is 1. The van der Waals surface area contributed by atoms with Gasteiger partial charge in [0.25, 0.3) is 5.91 Å². The number of rotatable bonds is 10. The summed E-state index contributed by atoms with van der Waals surface area (Å²) in [4.78, 5) is 30.3. The lowest BCUT2D eigenvalue weighted by molar-refractivity contribution is -0.138. The zero-order valence-corrected chi connectivity index (χ0v) is 22.4. The lowest BCUT2D eigenvalue weighted by Crippen LogP contribution is -2.26. The number of amides is 1. The van der Waals surface area contributed by atoms with Crippen molar-refractivity contribution in [1.29, 1.82) is 0 Å². The second-order valence-electron chi connectivity index (χ2n) is 9.08. The van der Waals surface area contributed by atoms with Crippen LogP contribution in [-0.2, 0) is 11.3 Å². The minimum absolute atomic E-state index is 0.265. The molecule has 0 aliphatic carbocycles. The van der Waals surface area contributed by atoms with E-state index >= 15 is 0 Å². The molecule has 0 saturated heterocycles. The van der Waals surface area contributed by atoms with Crippen LogP contribution in [0.5, 0.6) is 0 Å². The molecule has 1 amide bonds. The summed E-state index contributed by atoms with van der Waals surface area (Å²) in [5, 5.41) is 13.0. The summed E-state index contributed by atoms with van der Waals surface area (Å²) < 4.78 is 1.17. The van der Waals surface area contributed by atoms with E-state index in [-0.39, 0.29) is 5.91 Å². The maximum absolute atomic E-state index is 13.2. The molecule has 0 saturated carbocycles. The number of thioether (sulfide) groups is 1. The largest absolute Gasteiger partial charge is 0.480 e. The molecule has 2 aromatic carbocycles. The van der Waals surface area contributed by atoms with Gasteiger partial charge in [-0.1, -0.05) is 43.5 Å². The van der Waals surface area contributed by atoms with Crippen molar-refractivity contribution < 1.29 is 14.7 Å². The molecule has 6 nitrogen and oxygen atoms in total. The number of halogens is 1. The topological polar surface area (TPSA) is 84.2 Å². The fourth-order valence-electron chi connectivity index (χ4n) is 3.72. The molecule has 0 bridgehead atoms. The maximum Gasteiger partial charge on any atom is 0.319 e. The van der Waals surface area contributed by atoms with Crippen molar-refractivity contribution in [2.45, 2.75) is 70.1 Å². The first-order chi connectivity index (χ1) is 16.5. The highest BCUT2D eigenvalue weighted by Crippen LogP contribution is 2.34. The van der Waals surface area contributed by atoms with Gasteiger partial charge < -0.3 is 15.0 Å². The highest BCUT2D eigenvalue weighted by Gasteiger charge is 2.28. The van der Waals surface area contributed by atoms with Crippen molar-refractivity contribution in [3.05, 3.63) is 64.4 Å². The van der Waals surface area contributed by atoms with Gasteiger partial charge in [-0.15, -0.1) is 11.8 Å². The van der Waals surface area contributed by atoms with Crippen molar-refractivity contribution in [3.8, 4) is 11.4 Å². The standard InChI is InChI=1S/C27H32ClN3O3S/c1-6-7-8-15-31-18(3)23(25(32)29-22-14-11-20(28)16-17(22)2)30-24(31)19-9-12-21(13-10-19)35-27(4,5)26(33)34/h9-14,16H,6-8,15H2,1-5H3,(H,29,32)(H,33,34). The fraction of sp³-hybridized carbons (Fsp3) is 0.370. The van der Waals surface area contributed by atoms with E-state index in [4.69, 9.17) is 16.6 Å². The van der Waals surface area contributed by atoms with Gasteiger partial charge in [-0.2, -0.15) is 0 Å². The Morgan fingerprint density at radius 2 is 1.80 bits per heavy atom. The second kappa shape index (κ2) is 11.3. The van der Waals surface area contributed by atoms with Gasteiger partial charge in [0.2, 0.25) is 0 Å². The Morgan fingerprint density at radius 3 is 2.40 bits per heavy atom. The summed E-state index contributed by atoms with van der Waals surface area (Å²) in [6.07, 6.45) is 3.17. The van der Waals surface area contributed by atoms with E-state index in [1.54, 1.807) is 26.0 Å². The number of nitrogens with zero attached hydrogens (tertiary/aromatic N) is 2. The normalized spacial score (nSPS) is 11.5. The van der Waals surface area contributed by atoms with Crippen molar-refractivity contribution in [2.24, 2.45) is 0 Å². The summed E-state index contributed by atoms with van der Waals surface area (Å²) in [6.45, 7) is 10.1. The minimum atomic E-state index is -0.929. The molecule has 0 atom stereocenters. The Bertz CT molecular complexity index is 1220. The van der Waals surface area contributed by atoms with Crippen LogP contribution in [0.1, 0.15) is 61.8 Å². The van der Waals surface area contributed by atoms with Crippen LogP contribution < -0.4 is 5.32 Å². The van der Waals surface area contributed by atoms with Gasteiger partial charge in [-0.3, -0.25) is 9.59 Å². The molecular weight excluding hydrogens is 482 g/mol. The third-order valence-electron chi connectivity index (χ3n) is 5.86. The lowest BCUT2D eigenvalue weighted by atomic mass is 10.2. The Kier molecular flexibility index (Phi) is 8.67. The van der Waals surface area contributed by atoms with E-state index in [2.05, 4.69) is 16.8 Å². The van der Waals surface area contributed by atoms with Crippen molar-refractivity contribution in [1.82, 2.24) is 9.55 Å². The molecule has 3 rings (SSSR count). The number of carboxylic acids is 1. The molecule has 8 heteroatoms. The van der Waals surface area contributed by atoms with E-state index in [0.717, 1.165) is 53.3 Å². The minimum Gasteiger partial charge on any atom is -0.480 e. The van der Waals surface area contributed by atoms with Crippen LogP contribution in [0.25, 0.3) is 11.4 Å². The second-order valence-corrected chi connectivity index (χ2v) is 11.2. The average Bonchev–Trinajstić information content (AvgIpc) is 3.12. The van der Waals surface area contributed by atoms with E-state index in [0.29, 0.717) is 16.4 Å². The maximum atomic E-state index is 13.2. The van der Waals surface area contributed by atoms with Crippen LogP contribution in [-0.4, -0.2) is 31.3 Å². The van der Waals surface area contributed by atoms with Gasteiger partial charge in [-0.05, 0) is 70.0 Å². The third-order valence-corrected chi connectivity index (χ3v) is 7.29. The summed E-state index contributed by atoms with van der Waals surface area (Å²) in [6, 6.07) is 13.0. The smallest absolute Gasteiger partial charge is 0.319 e. The van der Waals surface area contributed by atoms with E-state index in [1.165, 1.54) is 11.8 Å². The van der Waals surface area contributed by atoms with Crippen LogP contribution >= 0.6 is 23.4 Å². The van der Waals surface area contributed by atoms with Crippen molar-refractivity contribution in [2.75, 3.05) is 5.32 Å². The Morgan fingerprint density at radius 1 is 1.11 bits per heavy atom. The molecule has 0 aliphatic rings. The number of unbranched alkanes of at least 4 members (excludes halogenated alkanes) is 2. The number of carbonyl (C=O) groups excluding carboxylic acids is 1. The number of imidazole rings is 1. The molecule has 0 aliphatic heterocycles. The molecule has 35 heavy (non-hydrogen) atoms. The number of aliphatic carboxylic acids is 1. The quantitative estimate of drug-likeness (QED) is 0.221. The SMILES string of the molecule is CCCCCn1c(-c2ccc(SC(C)(C)C(=O)O)cc2)nc(C(=O)Nc2ccc(Cl)cc2C)c1C. The molecule has 0 unspecified atom stereocenters. The highest BCUT2D eigenvalue weighted by atomic mass is 35.5. The van der Waals surface area contributed by atoms with Crippen LogP contribution in [0.15, 0.2) is 47.4 Å². The van der Waals surface area contributed by atoms with Gasteiger partial charge >= 0.3 is 5.97 Å². The Hall–Kier alpha value is -2.77. The number of aromatic nitrogens is 2. The highest BCUT2D eigenvalue weighted by molar-refractivity contribution is 8.01. The predicted molar refractivity (Wildman–Crippen MR) is 144 cm³/mol. The molecule has 1 heterocycles. The van der Waals surface area contributed by atoms with Gasteiger partial charge in [-0.25, -0.2) is 4.98 Å². The van der Waals surface area contributed by atoms with Crippen LogP contribution in [0.4, 0.5) is 5.69 Å². The zero-order chi connectivity index (χ0) is 25.8. The van der Waals surface area contributed by atoms with E-state index < -0.39 is 10.7 Å². The first kappa shape index (κ1) is 26.8. The molecule has 0 fully saturated rings. The molecule has 0 spiro atoms. The average molecular weight is 514 g/mol. The van der Waals surface area contributed by atoms with Crippen LogP contribution in [0, 0.1) is 13.8 Å². The number of carbonyl (C=O) groups is 2. The zero-order valence-electron chi connectivity index (χ0n) is 20.8. The molecule has 186 valence electrons. The van der Waals surface area contributed by atoms with Gasteiger partial charge in [0.05, 0.1) is 0 Å². The van der Waals surface area contributed by atoms with Crippen LogP contribution in [0.2, 0.25) is 5.02 Å². The monoisotopic (exact) mass is 513 g/mol. The van der Waals surface area contributed by atoms with Crippen molar-refractivity contribution in [3.63, 3.8) is 0 Å². The molecule has 1 aromatic heterocycles. The van der Waals surface area contributed by atoms with Gasteiger partial charge in [0, 0.05) is 33.4 Å².